The molecule has 0 aromatic heterocycles. The highest BCUT2D eigenvalue weighted by atomic mass is 14.5. The van der Waals surface area contributed by atoms with Crippen LogP contribution in [0.15, 0.2) is 70.0 Å². The first-order valence-corrected chi connectivity index (χ1v) is 11.9. The fourth-order valence-electron chi connectivity index (χ4n) is 3.28. The van der Waals surface area contributed by atoms with Gasteiger partial charge in [0.2, 0.25) is 0 Å². The molecule has 0 aromatic carbocycles. The van der Waals surface area contributed by atoms with Crippen molar-refractivity contribution in [1.82, 2.24) is 0 Å². The number of allylic oxidation sites excluding steroid dienone is 12. The van der Waals surface area contributed by atoms with Crippen molar-refractivity contribution in [2.75, 3.05) is 0 Å². The van der Waals surface area contributed by atoms with Crippen molar-refractivity contribution in [2.45, 2.75) is 113 Å². The van der Waals surface area contributed by atoms with Crippen LogP contribution in [0.5, 0.6) is 0 Å². The van der Waals surface area contributed by atoms with E-state index in [1.807, 2.05) is 6.92 Å². The Kier molecular flexibility index (Phi) is 17.0. The molecule has 2 N–H and O–H groups in total. The molecule has 0 fully saturated rings. The largest absolute Gasteiger partial charge is 0.403 e. The molecule has 0 radical (unpaired) electrons. The van der Waals surface area contributed by atoms with Gasteiger partial charge in [-0.1, -0.05) is 64.3 Å². The highest BCUT2D eigenvalue weighted by Crippen LogP contribution is 2.14. The van der Waals surface area contributed by atoms with E-state index in [4.69, 9.17) is 5.73 Å². The second-order valence-corrected chi connectivity index (χ2v) is 9.16. The summed E-state index contributed by atoms with van der Waals surface area (Å²) in [5, 5.41) is 0. The number of unbranched alkanes of at least 4 members (excludes halogenated alkanes) is 1. The Morgan fingerprint density at radius 1 is 0.433 bits per heavy atom. The van der Waals surface area contributed by atoms with E-state index in [2.05, 4.69) is 78.0 Å². The molecule has 0 unspecified atom stereocenters. The molecule has 0 saturated heterocycles. The minimum absolute atomic E-state index is 0.924. The maximum absolute atomic E-state index is 5.68. The van der Waals surface area contributed by atoms with Crippen molar-refractivity contribution in [2.24, 2.45) is 5.73 Å². The zero-order valence-electron chi connectivity index (χ0n) is 21.1. The second-order valence-electron chi connectivity index (χ2n) is 9.16. The van der Waals surface area contributed by atoms with E-state index in [0.29, 0.717) is 0 Å². The average molecular weight is 412 g/mol. The molecular weight excluding hydrogens is 362 g/mol. The molecule has 0 heterocycles. The second kappa shape index (κ2) is 18.0. The van der Waals surface area contributed by atoms with Gasteiger partial charge in [0.05, 0.1) is 0 Å². The van der Waals surface area contributed by atoms with Gasteiger partial charge < -0.3 is 5.73 Å². The van der Waals surface area contributed by atoms with Crippen LogP contribution in [0, 0.1) is 0 Å². The Balaban J connectivity index is 4.05. The minimum atomic E-state index is 0.924. The van der Waals surface area contributed by atoms with E-state index in [9.17, 15) is 0 Å². The predicted octanol–water partition coefficient (Wildman–Crippen LogP) is 9.50. The molecule has 0 saturated carbocycles. The Bertz CT molecular complexity index is 584. The molecule has 170 valence electrons. The maximum atomic E-state index is 5.68. The monoisotopic (exact) mass is 411 g/mol. The van der Waals surface area contributed by atoms with Gasteiger partial charge in [-0.25, -0.2) is 0 Å². The molecule has 0 aromatic rings. The summed E-state index contributed by atoms with van der Waals surface area (Å²) >= 11 is 0. The van der Waals surface area contributed by atoms with Gasteiger partial charge in [0.25, 0.3) is 0 Å². The number of hydrogen-bond acceptors (Lipinski definition) is 1. The fraction of sp³-hybridized carbons (Fsp3) is 0.586. The van der Waals surface area contributed by atoms with Crippen LogP contribution in [-0.4, -0.2) is 0 Å². The Morgan fingerprint density at radius 2 is 0.733 bits per heavy atom. The van der Waals surface area contributed by atoms with Crippen LogP contribution >= 0.6 is 0 Å². The van der Waals surface area contributed by atoms with Crippen molar-refractivity contribution < 1.29 is 0 Å². The molecule has 0 atom stereocenters. The van der Waals surface area contributed by atoms with Crippen LogP contribution < -0.4 is 5.73 Å². The summed E-state index contributed by atoms with van der Waals surface area (Å²) in [5.74, 6) is 0. The quantitative estimate of drug-likeness (QED) is 0.211. The third-order valence-corrected chi connectivity index (χ3v) is 5.31. The van der Waals surface area contributed by atoms with Crippen LogP contribution in [0.2, 0.25) is 0 Å². The van der Waals surface area contributed by atoms with Gasteiger partial charge in [0.15, 0.2) is 0 Å². The van der Waals surface area contributed by atoms with E-state index in [1.54, 1.807) is 0 Å². The average Bonchev–Trinajstić information content (AvgIpc) is 2.64. The first-order chi connectivity index (χ1) is 14.2. The molecule has 0 aliphatic rings. The summed E-state index contributed by atoms with van der Waals surface area (Å²) < 4.78 is 0. The third-order valence-electron chi connectivity index (χ3n) is 5.31. The smallest absolute Gasteiger partial charge is 0.000844 e. The van der Waals surface area contributed by atoms with Crippen LogP contribution in [0.25, 0.3) is 0 Å². The number of rotatable bonds is 15. The highest BCUT2D eigenvalue weighted by Gasteiger charge is 1.94. The van der Waals surface area contributed by atoms with E-state index in [1.165, 1.54) is 60.0 Å². The molecule has 0 aliphatic carbocycles. The third kappa shape index (κ3) is 19.6. The molecule has 30 heavy (non-hydrogen) atoms. The lowest BCUT2D eigenvalue weighted by Gasteiger charge is -2.02. The van der Waals surface area contributed by atoms with Crippen LogP contribution in [-0.2, 0) is 0 Å². The normalized spacial score (nSPS) is 14.3. The van der Waals surface area contributed by atoms with E-state index in [-0.39, 0.29) is 0 Å². The van der Waals surface area contributed by atoms with Gasteiger partial charge in [0.1, 0.15) is 0 Å². The Hall–Kier alpha value is -1.76. The molecule has 1 heteroatoms. The highest BCUT2D eigenvalue weighted by molar-refractivity contribution is 5.08. The first kappa shape index (κ1) is 28.2. The van der Waals surface area contributed by atoms with Crippen molar-refractivity contribution in [1.29, 1.82) is 0 Å². The fourth-order valence-corrected chi connectivity index (χ4v) is 3.28. The molecule has 0 amide bonds. The summed E-state index contributed by atoms with van der Waals surface area (Å²) in [6.45, 7) is 15.3. The summed E-state index contributed by atoms with van der Waals surface area (Å²) in [7, 11) is 0. The Morgan fingerprint density at radius 3 is 1.07 bits per heavy atom. The molecule has 0 aliphatic heterocycles. The first-order valence-electron chi connectivity index (χ1n) is 11.9. The van der Waals surface area contributed by atoms with Crippen LogP contribution in [0.4, 0.5) is 0 Å². The lowest BCUT2D eigenvalue weighted by Crippen LogP contribution is -1.89. The Labute approximate surface area is 188 Å². The van der Waals surface area contributed by atoms with Gasteiger partial charge in [-0.2, -0.15) is 0 Å². The summed E-state index contributed by atoms with van der Waals surface area (Å²) in [4.78, 5) is 0. The van der Waals surface area contributed by atoms with Gasteiger partial charge in [0, 0.05) is 5.70 Å². The summed E-state index contributed by atoms with van der Waals surface area (Å²) in [6.07, 6.45) is 25.6. The minimum Gasteiger partial charge on any atom is -0.403 e. The van der Waals surface area contributed by atoms with Gasteiger partial charge in [-0.3, -0.25) is 0 Å². The van der Waals surface area contributed by atoms with Crippen molar-refractivity contribution >= 4 is 0 Å². The maximum Gasteiger partial charge on any atom is 0.000844 e. The van der Waals surface area contributed by atoms with Crippen LogP contribution in [0.3, 0.4) is 0 Å². The number of nitrogens with two attached hydrogens (primary N) is 1. The standard InChI is InChI=1S/C29H49N/c1-24(2)14-10-17-27(5)20-11-18-25(3)15-8-9-16-26(4)19-12-21-28(6)22-13-23-29(7)30/h14-16,20-21,23H,8-13,17-19,22,30H2,1-7H3/b25-15+,26-16+,27-20+,28-21+,29-23?. The van der Waals surface area contributed by atoms with E-state index < -0.39 is 0 Å². The predicted molar refractivity (Wildman–Crippen MR) is 139 cm³/mol. The SMILES string of the molecule is CC(C)=CCC/C(C)=C/CC/C(C)=C/CC/C=C(\C)CC/C=C(\C)CCC=C(C)N. The lowest BCUT2D eigenvalue weighted by molar-refractivity contribution is 0.896. The zero-order valence-corrected chi connectivity index (χ0v) is 21.1. The molecular formula is C29H49N. The van der Waals surface area contributed by atoms with Gasteiger partial charge >= 0.3 is 0 Å². The van der Waals surface area contributed by atoms with Crippen molar-refractivity contribution in [3.63, 3.8) is 0 Å². The molecule has 1 nitrogen and oxygen atoms in total. The van der Waals surface area contributed by atoms with Crippen LogP contribution in [0.1, 0.15) is 113 Å². The van der Waals surface area contributed by atoms with Crippen molar-refractivity contribution in [3.05, 3.63) is 70.0 Å². The molecule has 0 rings (SSSR count). The van der Waals surface area contributed by atoms with Crippen molar-refractivity contribution in [3.8, 4) is 0 Å². The summed E-state index contributed by atoms with van der Waals surface area (Å²) in [6, 6.07) is 0. The summed E-state index contributed by atoms with van der Waals surface area (Å²) in [5.41, 5.74) is 14.1. The van der Waals surface area contributed by atoms with E-state index >= 15 is 0 Å². The topological polar surface area (TPSA) is 26.0 Å². The van der Waals surface area contributed by atoms with Gasteiger partial charge in [-0.15, -0.1) is 0 Å². The van der Waals surface area contributed by atoms with E-state index in [0.717, 1.165) is 37.8 Å². The lowest BCUT2D eigenvalue weighted by atomic mass is 10.0. The zero-order chi connectivity index (χ0) is 22.8. The number of hydrogen-bond donors (Lipinski definition) is 1. The molecule has 0 spiro atoms. The molecule has 0 bridgehead atoms. The van der Waals surface area contributed by atoms with Gasteiger partial charge in [-0.05, 0) is 113 Å².